The van der Waals surface area contributed by atoms with Crippen molar-refractivity contribution in [1.82, 2.24) is 19.7 Å². The summed E-state index contributed by atoms with van der Waals surface area (Å²) in [4.78, 5) is 17.2. The van der Waals surface area contributed by atoms with Gasteiger partial charge in [-0.15, -0.1) is 10.2 Å². The molecule has 1 saturated heterocycles. The summed E-state index contributed by atoms with van der Waals surface area (Å²) in [6.07, 6.45) is 3.84. The largest absolute Gasteiger partial charge is 0.378 e. The Morgan fingerprint density at radius 1 is 1.16 bits per heavy atom. The maximum absolute atomic E-state index is 13.2. The topological polar surface area (TPSA) is 63.5 Å². The number of carbonyl (C=O) groups is 1. The number of para-hydroxylation sites is 1. The summed E-state index contributed by atoms with van der Waals surface area (Å²) in [6.45, 7) is 1.96. The predicted octanol–water partition coefficient (Wildman–Crippen LogP) is 3.63. The van der Waals surface area contributed by atoms with Crippen molar-refractivity contribution in [2.45, 2.75) is 30.6 Å². The molecule has 4 rings (SSSR count). The fraction of sp³-hybridized carbons (Fsp3) is 0.375. The molecule has 1 aliphatic rings. The third-order valence-electron chi connectivity index (χ3n) is 5.50. The normalized spacial score (nSPS) is 15.6. The highest BCUT2D eigenvalue weighted by molar-refractivity contribution is 7.99. The molecule has 7 nitrogen and oxygen atoms in total. The highest BCUT2D eigenvalue weighted by Crippen LogP contribution is 2.22. The van der Waals surface area contributed by atoms with Crippen LogP contribution in [0.2, 0.25) is 0 Å². The van der Waals surface area contributed by atoms with Crippen LogP contribution in [0.15, 0.2) is 66.1 Å². The number of ether oxygens (including phenoxy) is 1. The van der Waals surface area contributed by atoms with Crippen molar-refractivity contribution in [2.75, 3.05) is 37.9 Å². The van der Waals surface area contributed by atoms with Gasteiger partial charge in [-0.05, 0) is 42.7 Å². The van der Waals surface area contributed by atoms with E-state index in [9.17, 15) is 4.79 Å². The van der Waals surface area contributed by atoms with E-state index in [0.717, 1.165) is 36.4 Å². The molecular weight excluding hydrogens is 422 g/mol. The van der Waals surface area contributed by atoms with Gasteiger partial charge in [0.05, 0.1) is 11.9 Å². The van der Waals surface area contributed by atoms with E-state index in [0.29, 0.717) is 24.0 Å². The Morgan fingerprint density at radius 2 is 1.94 bits per heavy atom. The number of rotatable bonds is 9. The number of hydrogen-bond donors (Lipinski definition) is 0. The molecule has 1 aliphatic heterocycles. The van der Waals surface area contributed by atoms with E-state index in [4.69, 9.17) is 4.74 Å². The number of amides is 1. The third kappa shape index (κ3) is 5.69. The van der Waals surface area contributed by atoms with Crippen LogP contribution >= 0.6 is 11.8 Å². The molecule has 2 heterocycles. The van der Waals surface area contributed by atoms with Gasteiger partial charge in [0.1, 0.15) is 6.33 Å². The first-order chi connectivity index (χ1) is 15.6. The molecule has 0 spiro atoms. The molecule has 1 amide bonds. The maximum atomic E-state index is 13.2. The summed E-state index contributed by atoms with van der Waals surface area (Å²) in [5, 5.41) is 8.96. The number of anilines is 1. The maximum Gasteiger partial charge on any atom is 0.233 e. The Kier molecular flexibility index (Phi) is 7.44. The van der Waals surface area contributed by atoms with Gasteiger partial charge in [-0.3, -0.25) is 9.36 Å². The lowest BCUT2D eigenvalue weighted by Gasteiger charge is -2.26. The molecule has 0 saturated carbocycles. The van der Waals surface area contributed by atoms with Crippen LogP contribution in [0.5, 0.6) is 0 Å². The van der Waals surface area contributed by atoms with Crippen molar-refractivity contribution in [3.05, 3.63) is 66.5 Å². The van der Waals surface area contributed by atoms with Gasteiger partial charge in [-0.25, -0.2) is 0 Å². The van der Waals surface area contributed by atoms with Gasteiger partial charge in [0, 0.05) is 45.2 Å². The number of aromatic nitrogens is 3. The summed E-state index contributed by atoms with van der Waals surface area (Å²) in [5.41, 5.74) is 3.23. The lowest BCUT2D eigenvalue weighted by Crippen LogP contribution is -2.38. The average Bonchev–Trinajstić information content (AvgIpc) is 3.50. The van der Waals surface area contributed by atoms with E-state index in [1.807, 2.05) is 53.9 Å². The summed E-state index contributed by atoms with van der Waals surface area (Å²) in [6, 6.07) is 18.3. The van der Waals surface area contributed by atoms with E-state index in [2.05, 4.69) is 39.4 Å². The fourth-order valence-corrected chi connectivity index (χ4v) is 4.55. The lowest BCUT2D eigenvalue weighted by molar-refractivity contribution is -0.130. The molecule has 0 unspecified atom stereocenters. The molecule has 0 bridgehead atoms. The Bertz CT molecular complexity index is 1000. The number of benzene rings is 2. The molecular formula is C24H29N5O2S. The van der Waals surface area contributed by atoms with Crippen molar-refractivity contribution >= 4 is 23.4 Å². The Hall–Kier alpha value is -2.84. The SMILES string of the molecule is CN(C)c1ccc(CN(C[C@@H]2CCCO2)C(=O)CSc2nncn2-c2ccccc2)cc1. The first-order valence-corrected chi connectivity index (χ1v) is 11.8. The minimum absolute atomic E-state index is 0.0739. The van der Waals surface area contributed by atoms with Gasteiger partial charge in [0.15, 0.2) is 5.16 Å². The van der Waals surface area contributed by atoms with Crippen molar-refractivity contribution in [2.24, 2.45) is 0 Å². The molecule has 1 atom stereocenters. The number of nitrogens with zero attached hydrogens (tertiary/aromatic N) is 5. The van der Waals surface area contributed by atoms with Gasteiger partial charge in [0.25, 0.3) is 0 Å². The van der Waals surface area contributed by atoms with Crippen LogP contribution in [0.1, 0.15) is 18.4 Å². The van der Waals surface area contributed by atoms with Gasteiger partial charge < -0.3 is 14.5 Å². The van der Waals surface area contributed by atoms with Crippen LogP contribution in [0.4, 0.5) is 5.69 Å². The lowest BCUT2D eigenvalue weighted by atomic mass is 10.1. The molecule has 0 aliphatic carbocycles. The van der Waals surface area contributed by atoms with E-state index in [-0.39, 0.29) is 12.0 Å². The smallest absolute Gasteiger partial charge is 0.233 e. The van der Waals surface area contributed by atoms with E-state index >= 15 is 0 Å². The zero-order valence-electron chi connectivity index (χ0n) is 18.6. The van der Waals surface area contributed by atoms with Crippen LogP contribution in [-0.2, 0) is 16.1 Å². The first-order valence-electron chi connectivity index (χ1n) is 10.8. The molecule has 1 fully saturated rings. The van der Waals surface area contributed by atoms with E-state index in [1.165, 1.54) is 11.8 Å². The Labute approximate surface area is 193 Å². The third-order valence-corrected chi connectivity index (χ3v) is 6.43. The first kappa shape index (κ1) is 22.4. The van der Waals surface area contributed by atoms with Crippen molar-refractivity contribution in [1.29, 1.82) is 0 Å². The van der Waals surface area contributed by atoms with Crippen LogP contribution < -0.4 is 4.90 Å². The molecule has 32 heavy (non-hydrogen) atoms. The van der Waals surface area contributed by atoms with Gasteiger partial charge >= 0.3 is 0 Å². The van der Waals surface area contributed by atoms with Crippen LogP contribution in [0.3, 0.4) is 0 Å². The van der Waals surface area contributed by atoms with Crippen molar-refractivity contribution < 1.29 is 9.53 Å². The quantitative estimate of drug-likeness (QED) is 0.463. The zero-order chi connectivity index (χ0) is 22.3. The van der Waals surface area contributed by atoms with Crippen LogP contribution in [0, 0.1) is 0 Å². The van der Waals surface area contributed by atoms with Crippen molar-refractivity contribution in [3.8, 4) is 5.69 Å². The second kappa shape index (κ2) is 10.7. The molecule has 3 aromatic rings. The van der Waals surface area contributed by atoms with Gasteiger partial charge in [-0.1, -0.05) is 42.1 Å². The standard InChI is InChI=1S/C24H29N5O2S/c1-27(2)20-12-10-19(11-13-20)15-28(16-22-9-6-14-31-22)23(30)17-32-24-26-25-18-29(24)21-7-4-3-5-8-21/h3-5,7-8,10-13,18,22H,6,9,14-17H2,1-2H3/t22-/m0/s1. The fourth-order valence-electron chi connectivity index (χ4n) is 3.71. The highest BCUT2D eigenvalue weighted by Gasteiger charge is 2.23. The molecule has 168 valence electrons. The molecule has 0 N–H and O–H groups in total. The highest BCUT2D eigenvalue weighted by atomic mass is 32.2. The average molecular weight is 452 g/mol. The monoisotopic (exact) mass is 451 g/mol. The van der Waals surface area contributed by atoms with E-state index in [1.54, 1.807) is 6.33 Å². The number of thioether (sulfide) groups is 1. The molecule has 8 heteroatoms. The minimum atomic E-state index is 0.0739. The summed E-state index contributed by atoms with van der Waals surface area (Å²) >= 11 is 1.41. The Balaban J connectivity index is 1.44. The second-order valence-corrected chi connectivity index (χ2v) is 9.02. The molecule has 2 aromatic carbocycles. The van der Waals surface area contributed by atoms with Gasteiger partial charge in [-0.2, -0.15) is 0 Å². The Morgan fingerprint density at radius 3 is 2.62 bits per heavy atom. The number of carbonyl (C=O) groups excluding carboxylic acids is 1. The predicted molar refractivity (Wildman–Crippen MR) is 127 cm³/mol. The summed E-state index contributed by atoms with van der Waals surface area (Å²) < 4.78 is 7.72. The van der Waals surface area contributed by atoms with Crippen LogP contribution in [-0.4, -0.2) is 64.7 Å². The van der Waals surface area contributed by atoms with Crippen molar-refractivity contribution in [3.63, 3.8) is 0 Å². The second-order valence-electron chi connectivity index (χ2n) is 8.08. The zero-order valence-corrected chi connectivity index (χ0v) is 19.4. The molecule has 0 radical (unpaired) electrons. The van der Waals surface area contributed by atoms with Gasteiger partial charge in [0.2, 0.25) is 5.91 Å². The number of hydrogen-bond acceptors (Lipinski definition) is 6. The summed E-state index contributed by atoms with van der Waals surface area (Å²) in [5.74, 6) is 0.374. The van der Waals surface area contributed by atoms with E-state index < -0.39 is 0 Å². The molecule has 1 aromatic heterocycles. The van der Waals surface area contributed by atoms with Crippen LogP contribution in [0.25, 0.3) is 5.69 Å². The minimum Gasteiger partial charge on any atom is -0.378 e. The summed E-state index contributed by atoms with van der Waals surface area (Å²) in [7, 11) is 4.04.